The number of hydrogen-bond acceptors (Lipinski definition) is 2. The van der Waals surface area contributed by atoms with Crippen LogP contribution in [-0.2, 0) is 0 Å². The SMILES string of the molecule is CC(Nc1ccc(SC(F)(F)F)cc1)c1ccccc1Br. The normalized spacial score (nSPS) is 13.0. The molecule has 21 heavy (non-hydrogen) atoms. The summed E-state index contributed by atoms with van der Waals surface area (Å²) in [7, 11) is 0. The molecule has 0 aromatic heterocycles. The minimum absolute atomic E-state index is 0.0432. The Morgan fingerprint density at radius 1 is 1.05 bits per heavy atom. The molecule has 1 atom stereocenters. The lowest BCUT2D eigenvalue weighted by atomic mass is 10.1. The van der Waals surface area contributed by atoms with E-state index >= 15 is 0 Å². The van der Waals surface area contributed by atoms with Gasteiger partial charge in [0.25, 0.3) is 0 Å². The number of alkyl halides is 3. The van der Waals surface area contributed by atoms with Gasteiger partial charge in [-0.1, -0.05) is 34.1 Å². The van der Waals surface area contributed by atoms with Crippen molar-refractivity contribution in [3.63, 3.8) is 0 Å². The van der Waals surface area contributed by atoms with Crippen molar-refractivity contribution in [3.05, 3.63) is 58.6 Å². The van der Waals surface area contributed by atoms with Crippen LogP contribution in [0.1, 0.15) is 18.5 Å². The van der Waals surface area contributed by atoms with E-state index in [9.17, 15) is 13.2 Å². The molecule has 112 valence electrons. The smallest absolute Gasteiger partial charge is 0.378 e. The summed E-state index contributed by atoms with van der Waals surface area (Å²) in [5.74, 6) is 0. The Balaban J connectivity index is 2.05. The highest BCUT2D eigenvalue weighted by molar-refractivity contribution is 9.10. The number of hydrogen-bond donors (Lipinski definition) is 1. The molecule has 0 bridgehead atoms. The van der Waals surface area contributed by atoms with Crippen LogP contribution < -0.4 is 5.32 Å². The average molecular weight is 376 g/mol. The van der Waals surface area contributed by atoms with Gasteiger partial charge in [0.05, 0.1) is 0 Å². The van der Waals surface area contributed by atoms with Gasteiger partial charge in [-0.05, 0) is 54.6 Å². The summed E-state index contributed by atoms with van der Waals surface area (Å²) >= 11 is 3.38. The summed E-state index contributed by atoms with van der Waals surface area (Å²) in [6.07, 6.45) is 0. The fraction of sp³-hybridized carbons (Fsp3) is 0.200. The number of thioether (sulfide) groups is 1. The highest BCUT2D eigenvalue weighted by Gasteiger charge is 2.29. The van der Waals surface area contributed by atoms with Gasteiger partial charge >= 0.3 is 5.51 Å². The Kier molecular flexibility index (Phi) is 5.22. The van der Waals surface area contributed by atoms with E-state index in [0.717, 1.165) is 15.7 Å². The Morgan fingerprint density at radius 2 is 1.67 bits per heavy atom. The van der Waals surface area contributed by atoms with Crippen molar-refractivity contribution in [1.82, 2.24) is 0 Å². The molecule has 0 aliphatic heterocycles. The van der Waals surface area contributed by atoms with Crippen LogP contribution in [0.4, 0.5) is 18.9 Å². The molecule has 0 saturated heterocycles. The predicted molar refractivity (Wildman–Crippen MR) is 84.5 cm³/mol. The van der Waals surface area contributed by atoms with E-state index in [4.69, 9.17) is 0 Å². The van der Waals surface area contributed by atoms with Gasteiger partial charge in [-0.25, -0.2) is 0 Å². The zero-order valence-corrected chi connectivity index (χ0v) is 13.5. The minimum atomic E-state index is -4.25. The summed E-state index contributed by atoms with van der Waals surface area (Å²) in [6, 6.07) is 14.1. The van der Waals surface area contributed by atoms with Gasteiger partial charge in [-0.2, -0.15) is 13.2 Å². The zero-order chi connectivity index (χ0) is 15.5. The van der Waals surface area contributed by atoms with E-state index in [2.05, 4.69) is 21.2 Å². The van der Waals surface area contributed by atoms with Crippen LogP contribution in [0, 0.1) is 0 Å². The molecule has 0 fully saturated rings. The minimum Gasteiger partial charge on any atom is -0.378 e. The molecule has 2 aromatic rings. The summed E-state index contributed by atoms with van der Waals surface area (Å²) in [4.78, 5) is 0.182. The summed E-state index contributed by atoms with van der Waals surface area (Å²) < 4.78 is 37.8. The Hall–Kier alpha value is -1.14. The van der Waals surface area contributed by atoms with Crippen molar-refractivity contribution in [2.24, 2.45) is 0 Å². The van der Waals surface area contributed by atoms with Gasteiger partial charge in [-0.3, -0.25) is 0 Å². The first kappa shape index (κ1) is 16.2. The maximum atomic E-state index is 12.3. The van der Waals surface area contributed by atoms with Crippen LogP contribution >= 0.6 is 27.7 Å². The average Bonchev–Trinajstić information content (AvgIpc) is 2.40. The third-order valence-electron chi connectivity index (χ3n) is 2.84. The first-order chi connectivity index (χ1) is 9.85. The molecule has 0 radical (unpaired) electrons. The van der Waals surface area contributed by atoms with Crippen LogP contribution in [0.15, 0.2) is 57.9 Å². The summed E-state index contributed by atoms with van der Waals surface area (Å²) in [6.45, 7) is 2.00. The molecule has 0 saturated carbocycles. The lowest BCUT2D eigenvalue weighted by Gasteiger charge is -2.17. The number of rotatable bonds is 4. The zero-order valence-electron chi connectivity index (χ0n) is 11.1. The van der Waals surface area contributed by atoms with E-state index in [1.807, 2.05) is 31.2 Å². The fourth-order valence-corrected chi connectivity index (χ4v) is 3.07. The molecule has 1 N–H and O–H groups in total. The number of halogens is 4. The Morgan fingerprint density at radius 3 is 2.24 bits per heavy atom. The van der Waals surface area contributed by atoms with Crippen molar-refractivity contribution < 1.29 is 13.2 Å². The summed E-state index contributed by atoms with van der Waals surface area (Å²) in [5.41, 5.74) is -2.38. The van der Waals surface area contributed by atoms with Crippen molar-refractivity contribution in [1.29, 1.82) is 0 Å². The molecule has 0 spiro atoms. The Bertz CT molecular complexity index is 599. The van der Waals surface area contributed by atoms with Gasteiger partial charge in [0.2, 0.25) is 0 Å². The van der Waals surface area contributed by atoms with Gasteiger partial charge in [0.15, 0.2) is 0 Å². The molecule has 6 heteroatoms. The molecule has 2 rings (SSSR count). The maximum absolute atomic E-state index is 12.3. The molecular weight excluding hydrogens is 363 g/mol. The van der Waals surface area contributed by atoms with Crippen molar-refractivity contribution in [2.75, 3.05) is 5.32 Å². The molecule has 2 aromatic carbocycles. The monoisotopic (exact) mass is 375 g/mol. The van der Waals surface area contributed by atoms with Crippen LogP contribution in [0.5, 0.6) is 0 Å². The van der Waals surface area contributed by atoms with E-state index < -0.39 is 5.51 Å². The molecular formula is C15H13BrF3NS. The second kappa shape index (κ2) is 6.75. The second-order valence-corrected chi connectivity index (χ2v) is 6.45. The van der Waals surface area contributed by atoms with Gasteiger partial charge < -0.3 is 5.32 Å². The van der Waals surface area contributed by atoms with Crippen molar-refractivity contribution in [2.45, 2.75) is 23.4 Å². The van der Waals surface area contributed by atoms with E-state index in [0.29, 0.717) is 0 Å². The standard InChI is InChI=1S/C15H13BrF3NS/c1-10(13-4-2-3-5-14(13)16)20-11-6-8-12(9-7-11)21-15(17,18)19/h2-10,20H,1H3. The third kappa shape index (κ3) is 4.97. The van der Waals surface area contributed by atoms with E-state index in [1.54, 1.807) is 12.1 Å². The number of anilines is 1. The van der Waals surface area contributed by atoms with Crippen LogP contribution in [0.2, 0.25) is 0 Å². The highest BCUT2D eigenvalue weighted by atomic mass is 79.9. The molecule has 1 unspecified atom stereocenters. The third-order valence-corrected chi connectivity index (χ3v) is 4.30. The first-order valence-electron chi connectivity index (χ1n) is 6.22. The highest BCUT2D eigenvalue weighted by Crippen LogP contribution is 2.37. The molecule has 1 nitrogen and oxygen atoms in total. The van der Waals surface area contributed by atoms with Crippen LogP contribution in [-0.4, -0.2) is 5.51 Å². The second-order valence-electron chi connectivity index (χ2n) is 4.46. The van der Waals surface area contributed by atoms with Crippen LogP contribution in [0.25, 0.3) is 0 Å². The quantitative estimate of drug-likeness (QED) is 0.635. The van der Waals surface area contributed by atoms with Crippen molar-refractivity contribution >= 4 is 33.4 Å². The molecule has 0 amide bonds. The Labute approximate surface area is 134 Å². The topological polar surface area (TPSA) is 12.0 Å². The van der Waals surface area contributed by atoms with Gasteiger partial charge in [0.1, 0.15) is 0 Å². The largest absolute Gasteiger partial charge is 0.446 e. The van der Waals surface area contributed by atoms with Crippen molar-refractivity contribution in [3.8, 4) is 0 Å². The number of benzene rings is 2. The van der Waals surface area contributed by atoms with Crippen LogP contribution in [0.3, 0.4) is 0 Å². The fourth-order valence-electron chi connectivity index (χ4n) is 1.91. The van der Waals surface area contributed by atoms with Gasteiger partial charge in [-0.15, -0.1) is 0 Å². The lowest BCUT2D eigenvalue weighted by molar-refractivity contribution is -0.0328. The molecule has 0 heterocycles. The summed E-state index contributed by atoms with van der Waals surface area (Å²) in [5, 5.41) is 3.27. The first-order valence-corrected chi connectivity index (χ1v) is 7.83. The van der Waals surface area contributed by atoms with E-state index in [1.165, 1.54) is 12.1 Å². The van der Waals surface area contributed by atoms with E-state index in [-0.39, 0.29) is 22.7 Å². The lowest BCUT2D eigenvalue weighted by Crippen LogP contribution is -2.07. The molecule has 0 aliphatic carbocycles. The molecule has 0 aliphatic rings. The number of nitrogens with one attached hydrogen (secondary N) is 1. The van der Waals surface area contributed by atoms with Gasteiger partial charge in [0, 0.05) is 21.1 Å². The maximum Gasteiger partial charge on any atom is 0.446 e. The predicted octanol–water partition coefficient (Wildman–Crippen LogP) is 6.23.